The van der Waals surface area contributed by atoms with Gasteiger partial charge in [0.15, 0.2) is 0 Å². The molecule has 0 spiro atoms. The van der Waals surface area contributed by atoms with E-state index >= 15 is 0 Å². The first-order chi connectivity index (χ1) is 7.59. The number of nitrogens with zero attached hydrogens (tertiary/aromatic N) is 1. The Balaban J connectivity index is 2.97. The molecule has 0 saturated heterocycles. The molecule has 6 heteroatoms. The molecule has 0 aliphatic rings. The third kappa shape index (κ3) is 4.05. The van der Waals surface area contributed by atoms with Crippen LogP contribution in [0.15, 0.2) is 18.2 Å². The van der Waals surface area contributed by atoms with E-state index in [-0.39, 0.29) is 5.69 Å². The van der Waals surface area contributed by atoms with E-state index in [4.69, 9.17) is 4.74 Å². The molecule has 0 fully saturated rings. The van der Waals surface area contributed by atoms with Gasteiger partial charge in [-0.1, -0.05) is 6.07 Å². The number of halogens is 3. The van der Waals surface area contributed by atoms with Crippen molar-refractivity contribution < 1.29 is 22.7 Å². The summed E-state index contributed by atoms with van der Waals surface area (Å²) in [6.07, 6.45) is -4.57. The maximum atomic E-state index is 12.4. The van der Waals surface area contributed by atoms with E-state index in [0.717, 1.165) is 12.1 Å². The number of esters is 1. The Bertz CT molecular complexity index is 421. The summed E-state index contributed by atoms with van der Waals surface area (Å²) in [4.78, 5) is 14.7. The molecule has 0 unspecified atom stereocenters. The Kier molecular flexibility index (Phi) is 3.45. The summed E-state index contributed by atoms with van der Waals surface area (Å²) in [5.41, 5.74) is -2.23. The minimum atomic E-state index is -4.57. The van der Waals surface area contributed by atoms with Gasteiger partial charge in [-0.2, -0.15) is 13.2 Å². The smallest absolute Gasteiger partial charge is 0.433 e. The van der Waals surface area contributed by atoms with Crippen LogP contribution in [0.4, 0.5) is 13.2 Å². The average molecular weight is 247 g/mol. The molecule has 1 aromatic rings. The monoisotopic (exact) mass is 247 g/mol. The maximum Gasteiger partial charge on any atom is 0.433 e. The van der Waals surface area contributed by atoms with Crippen LogP contribution in [-0.2, 0) is 10.9 Å². The average Bonchev–Trinajstić information content (AvgIpc) is 2.14. The van der Waals surface area contributed by atoms with Crippen LogP contribution in [0.1, 0.15) is 37.0 Å². The molecular weight excluding hydrogens is 235 g/mol. The van der Waals surface area contributed by atoms with Crippen molar-refractivity contribution in [2.75, 3.05) is 0 Å². The van der Waals surface area contributed by atoms with E-state index in [1.807, 2.05) is 0 Å². The van der Waals surface area contributed by atoms with E-state index in [1.165, 1.54) is 6.07 Å². The molecule has 1 aromatic heterocycles. The van der Waals surface area contributed by atoms with Crippen molar-refractivity contribution in [3.05, 3.63) is 29.6 Å². The molecule has 0 N–H and O–H groups in total. The Morgan fingerprint density at radius 2 is 1.82 bits per heavy atom. The second-order valence-corrected chi connectivity index (χ2v) is 4.41. The fourth-order valence-electron chi connectivity index (χ4n) is 1.04. The molecular formula is C11H12F3NO2. The topological polar surface area (TPSA) is 39.2 Å². The number of pyridine rings is 1. The van der Waals surface area contributed by atoms with Crippen molar-refractivity contribution >= 4 is 5.97 Å². The van der Waals surface area contributed by atoms with Crippen molar-refractivity contribution in [3.63, 3.8) is 0 Å². The summed E-state index contributed by atoms with van der Waals surface area (Å²) in [5, 5.41) is 0. The lowest BCUT2D eigenvalue weighted by atomic mass is 10.2. The molecule has 0 amide bonds. The summed E-state index contributed by atoms with van der Waals surface area (Å²) in [7, 11) is 0. The van der Waals surface area contributed by atoms with Gasteiger partial charge in [0.05, 0.1) is 0 Å². The fraction of sp³-hybridized carbons (Fsp3) is 0.455. The minimum absolute atomic E-state index is 0.352. The van der Waals surface area contributed by atoms with Crippen LogP contribution in [0, 0.1) is 0 Å². The van der Waals surface area contributed by atoms with Crippen LogP contribution in [-0.4, -0.2) is 16.6 Å². The molecule has 0 bridgehead atoms. The summed E-state index contributed by atoms with van der Waals surface area (Å²) < 4.78 is 42.0. The zero-order valence-electron chi connectivity index (χ0n) is 9.63. The van der Waals surface area contributed by atoms with Gasteiger partial charge in [-0.3, -0.25) is 0 Å². The molecule has 3 nitrogen and oxygen atoms in total. The van der Waals surface area contributed by atoms with Crippen molar-refractivity contribution in [1.29, 1.82) is 0 Å². The lowest BCUT2D eigenvalue weighted by molar-refractivity contribution is -0.141. The van der Waals surface area contributed by atoms with Crippen LogP contribution in [0.3, 0.4) is 0 Å². The van der Waals surface area contributed by atoms with Gasteiger partial charge in [-0.15, -0.1) is 0 Å². The van der Waals surface area contributed by atoms with Crippen molar-refractivity contribution in [2.45, 2.75) is 32.5 Å². The van der Waals surface area contributed by atoms with E-state index in [2.05, 4.69) is 4.98 Å². The van der Waals surface area contributed by atoms with Gasteiger partial charge in [-0.25, -0.2) is 9.78 Å². The van der Waals surface area contributed by atoms with Crippen LogP contribution in [0.25, 0.3) is 0 Å². The molecule has 0 radical (unpaired) electrons. The van der Waals surface area contributed by atoms with Crippen LogP contribution < -0.4 is 0 Å². The predicted molar refractivity (Wildman–Crippen MR) is 54.4 cm³/mol. The van der Waals surface area contributed by atoms with E-state index < -0.39 is 23.4 Å². The first-order valence-electron chi connectivity index (χ1n) is 4.87. The van der Waals surface area contributed by atoms with Gasteiger partial charge >= 0.3 is 12.1 Å². The van der Waals surface area contributed by atoms with Crippen molar-refractivity contribution in [3.8, 4) is 0 Å². The molecule has 17 heavy (non-hydrogen) atoms. The number of alkyl halides is 3. The molecule has 0 atom stereocenters. The Morgan fingerprint density at radius 1 is 1.24 bits per heavy atom. The molecule has 94 valence electrons. The highest BCUT2D eigenvalue weighted by Gasteiger charge is 2.33. The Labute approximate surface area is 96.6 Å². The zero-order chi connectivity index (χ0) is 13.3. The Hall–Kier alpha value is -1.59. The molecule has 0 aromatic carbocycles. The number of carbonyl (C=O) groups is 1. The predicted octanol–water partition coefficient (Wildman–Crippen LogP) is 3.06. The number of hydrogen-bond acceptors (Lipinski definition) is 3. The molecule has 0 aliphatic carbocycles. The summed E-state index contributed by atoms with van der Waals surface area (Å²) in [5.74, 6) is -0.872. The van der Waals surface area contributed by atoms with Gasteiger partial charge in [0.25, 0.3) is 0 Å². The second-order valence-electron chi connectivity index (χ2n) is 4.41. The van der Waals surface area contributed by atoms with Crippen LogP contribution >= 0.6 is 0 Å². The first-order valence-corrected chi connectivity index (χ1v) is 4.87. The largest absolute Gasteiger partial charge is 0.455 e. The highest BCUT2D eigenvalue weighted by molar-refractivity contribution is 5.87. The SMILES string of the molecule is CC(C)(C)OC(=O)c1cccc(C(F)(F)F)n1. The zero-order valence-corrected chi connectivity index (χ0v) is 9.63. The van der Waals surface area contributed by atoms with Gasteiger partial charge in [0.1, 0.15) is 17.0 Å². The summed E-state index contributed by atoms with van der Waals surface area (Å²) in [6.45, 7) is 4.87. The number of rotatable bonds is 1. The second kappa shape index (κ2) is 4.35. The number of aromatic nitrogens is 1. The number of carbonyl (C=O) groups excluding carboxylic acids is 1. The highest BCUT2D eigenvalue weighted by Crippen LogP contribution is 2.27. The minimum Gasteiger partial charge on any atom is -0.455 e. The van der Waals surface area contributed by atoms with Gasteiger partial charge in [0.2, 0.25) is 0 Å². The quantitative estimate of drug-likeness (QED) is 0.716. The van der Waals surface area contributed by atoms with E-state index in [1.54, 1.807) is 20.8 Å². The first kappa shape index (κ1) is 13.5. The van der Waals surface area contributed by atoms with E-state index in [0.29, 0.717) is 0 Å². The van der Waals surface area contributed by atoms with Gasteiger partial charge in [0, 0.05) is 0 Å². The highest BCUT2D eigenvalue weighted by atomic mass is 19.4. The third-order valence-electron chi connectivity index (χ3n) is 1.65. The summed E-state index contributed by atoms with van der Waals surface area (Å²) >= 11 is 0. The van der Waals surface area contributed by atoms with Gasteiger partial charge < -0.3 is 4.74 Å². The van der Waals surface area contributed by atoms with Crippen LogP contribution in [0.2, 0.25) is 0 Å². The lowest BCUT2D eigenvalue weighted by Gasteiger charge is -2.19. The van der Waals surface area contributed by atoms with Crippen molar-refractivity contribution in [1.82, 2.24) is 4.98 Å². The normalized spacial score (nSPS) is 12.4. The molecule has 0 saturated carbocycles. The molecule has 0 aliphatic heterocycles. The lowest BCUT2D eigenvalue weighted by Crippen LogP contribution is -2.25. The summed E-state index contributed by atoms with van der Waals surface area (Å²) in [6, 6.07) is 3.10. The van der Waals surface area contributed by atoms with Gasteiger partial charge in [-0.05, 0) is 32.9 Å². The Morgan fingerprint density at radius 3 is 2.29 bits per heavy atom. The fourth-order valence-corrected chi connectivity index (χ4v) is 1.04. The molecule has 1 heterocycles. The standard InChI is InChI=1S/C11H12F3NO2/c1-10(2,3)17-9(16)7-5-4-6-8(15-7)11(12,13)14/h4-6H,1-3H3. The number of ether oxygens (including phenoxy) is 1. The maximum absolute atomic E-state index is 12.4. The van der Waals surface area contributed by atoms with E-state index in [9.17, 15) is 18.0 Å². The van der Waals surface area contributed by atoms with Crippen molar-refractivity contribution in [2.24, 2.45) is 0 Å². The number of hydrogen-bond donors (Lipinski definition) is 0. The third-order valence-corrected chi connectivity index (χ3v) is 1.65. The molecule has 1 rings (SSSR count). The van der Waals surface area contributed by atoms with Crippen LogP contribution in [0.5, 0.6) is 0 Å².